The molecule has 1 aromatic heterocycles. The molecule has 0 bridgehead atoms. The van der Waals surface area contributed by atoms with Gasteiger partial charge in [-0.3, -0.25) is 4.79 Å². The zero-order valence-electron chi connectivity index (χ0n) is 14.2. The summed E-state index contributed by atoms with van der Waals surface area (Å²) in [6.45, 7) is 8.56. The Kier molecular flexibility index (Phi) is 5.89. The third-order valence-electron chi connectivity index (χ3n) is 4.51. The zero-order valence-corrected chi connectivity index (χ0v) is 15.0. The van der Waals surface area contributed by atoms with E-state index in [1.54, 1.807) is 6.33 Å². The van der Waals surface area contributed by atoms with E-state index in [-0.39, 0.29) is 17.3 Å². The molecule has 22 heavy (non-hydrogen) atoms. The lowest BCUT2D eigenvalue weighted by molar-refractivity contribution is -0.154. The summed E-state index contributed by atoms with van der Waals surface area (Å²) in [6.07, 6.45) is 5.06. The Labute approximate surface area is 137 Å². The number of rotatable bonds is 5. The van der Waals surface area contributed by atoms with Gasteiger partial charge in [0, 0.05) is 7.05 Å². The van der Waals surface area contributed by atoms with Crippen LogP contribution in [0.2, 0.25) is 0 Å². The Bertz CT molecular complexity index is 503. The van der Waals surface area contributed by atoms with Crippen molar-refractivity contribution in [1.29, 1.82) is 0 Å². The molecule has 1 aliphatic carbocycles. The van der Waals surface area contributed by atoms with Gasteiger partial charge in [-0.25, -0.2) is 0 Å². The predicted molar refractivity (Wildman–Crippen MR) is 87.5 cm³/mol. The summed E-state index contributed by atoms with van der Waals surface area (Å²) >= 11 is 1.40. The average molecular weight is 325 g/mol. The lowest BCUT2D eigenvalue weighted by Gasteiger charge is -2.37. The summed E-state index contributed by atoms with van der Waals surface area (Å²) in [5.41, 5.74) is 0. The molecular weight excluding hydrogens is 298 g/mol. The first-order valence-corrected chi connectivity index (χ1v) is 8.97. The van der Waals surface area contributed by atoms with Crippen LogP contribution in [-0.4, -0.2) is 32.1 Å². The van der Waals surface area contributed by atoms with E-state index in [2.05, 4.69) is 31.0 Å². The van der Waals surface area contributed by atoms with Crippen molar-refractivity contribution < 1.29 is 9.53 Å². The van der Waals surface area contributed by atoms with Crippen LogP contribution in [0.3, 0.4) is 0 Å². The number of nitrogens with zero attached hydrogens (tertiary/aromatic N) is 3. The molecule has 0 aromatic carbocycles. The maximum Gasteiger partial charge on any atom is 0.319 e. The van der Waals surface area contributed by atoms with Crippen molar-refractivity contribution in [3.05, 3.63) is 6.33 Å². The number of aromatic nitrogens is 3. The highest BCUT2D eigenvalue weighted by atomic mass is 32.2. The number of aryl methyl sites for hydroxylation is 1. The fourth-order valence-corrected chi connectivity index (χ4v) is 3.86. The van der Waals surface area contributed by atoms with Gasteiger partial charge in [0.2, 0.25) is 0 Å². The highest BCUT2D eigenvalue weighted by Crippen LogP contribution is 2.36. The summed E-state index contributed by atoms with van der Waals surface area (Å²) < 4.78 is 7.68. The van der Waals surface area contributed by atoms with Crippen LogP contribution in [0.5, 0.6) is 0 Å². The third-order valence-corrected chi connectivity index (χ3v) is 5.64. The molecule has 1 aromatic rings. The molecule has 0 amide bonds. The van der Waals surface area contributed by atoms with Crippen LogP contribution in [0.15, 0.2) is 11.5 Å². The van der Waals surface area contributed by atoms with Crippen LogP contribution in [-0.2, 0) is 16.6 Å². The first kappa shape index (κ1) is 17.3. The van der Waals surface area contributed by atoms with Crippen molar-refractivity contribution in [3.63, 3.8) is 0 Å². The lowest BCUT2D eigenvalue weighted by atomic mass is 9.75. The Morgan fingerprint density at radius 2 is 2.14 bits per heavy atom. The number of esters is 1. The molecule has 0 saturated heterocycles. The summed E-state index contributed by atoms with van der Waals surface area (Å²) in [7, 11) is 1.87. The molecular formula is C16H27N3O2S. The first-order chi connectivity index (χ1) is 10.4. The van der Waals surface area contributed by atoms with Crippen molar-refractivity contribution in [2.45, 2.75) is 63.5 Å². The minimum absolute atomic E-state index is 0.0544. The Hall–Kier alpha value is -1.04. The topological polar surface area (TPSA) is 57.0 Å². The Morgan fingerprint density at radius 3 is 2.73 bits per heavy atom. The molecule has 1 fully saturated rings. The minimum Gasteiger partial charge on any atom is -0.461 e. The largest absolute Gasteiger partial charge is 0.461 e. The van der Waals surface area contributed by atoms with Crippen LogP contribution in [0.4, 0.5) is 0 Å². The molecule has 1 heterocycles. The molecule has 0 aliphatic heterocycles. The number of thioether (sulfide) groups is 1. The average Bonchev–Trinajstić information content (AvgIpc) is 2.84. The van der Waals surface area contributed by atoms with Gasteiger partial charge in [-0.15, -0.1) is 10.2 Å². The molecule has 4 unspecified atom stereocenters. The maximum absolute atomic E-state index is 12.4. The molecule has 124 valence electrons. The van der Waals surface area contributed by atoms with Crippen molar-refractivity contribution in [1.82, 2.24) is 14.8 Å². The summed E-state index contributed by atoms with van der Waals surface area (Å²) in [6, 6.07) is 0. The Morgan fingerprint density at radius 1 is 1.41 bits per heavy atom. The van der Waals surface area contributed by atoms with Crippen molar-refractivity contribution in [3.8, 4) is 0 Å². The van der Waals surface area contributed by atoms with Crippen LogP contribution in [0.1, 0.15) is 47.0 Å². The number of hydrogen-bond acceptors (Lipinski definition) is 5. The van der Waals surface area contributed by atoms with E-state index in [9.17, 15) is 4.79 Å². The quantitative estimate of drug-likeness (QED) is 0.614. The fourth-order valence-electron chi connectivity index (χ4n) is 3.08. The molecule has 0 N–H and O–H groups in total. The Balaban J connectivity index is 1.95. The SMILES string of the molecule is CC1CCC(C(C)C)C(OC(=O)C(C)Sc2nncn2C)C1. The van der Waals surface area contributed by atoms with Gasteiger partial charge in [0.15, 0.2) is 5.16 Å². The third kappa shape index (κ3) is 4.24. The number of hydrogen-bond donors (Lipinski definition) is 0. The summed E-state index contributed by atoms with van der Waals surface area (Å²) in [4.78, 5) is 12.4. The van der Waals surface area contributed by atoms with Gasteiger partial charge >= 0.3 is 5.97 Å². The molecule has 5 nitrogen and oxygen atoms in total. The lowest BCUT2D eigenvalue weighted by Crippen LogP contribution is -2.37. The summed E-state index contributed by atoms with van der Waals surface area (Å²) in [5, 5.41) is 8.31. The highest BCUT2D eigenvalue weighted by molar-refractivity contribution is 8.00. The van der Waals surface area contributed by atoms with Crippen LogP contribution in [0, 0.1) is 17.8 Å². The van der Waals surface area contributed by atoms with E-state index in [0.29, 0.717) is 17.8 Å². The monoisotopic (exact) mass is 325 g/mol. The minimum atomic E-state index is -0.270. The van der Waals surface area contributed by atoms with Crippen LogP contribution < -0.4 is 0 Å². The smallest absolute Gasteiger partial charge is 0.319 e. The van der Waals surface area contributed by atoms with Crippen molar-refractivity contribution in [2.75, 3.05) is 0 Å². The second-order valence-electron chi connectivity index (χ2n) is 6.79. The standard InChI is InChI=1S/C16H27N3O2S/c1-10(2)13-7-6-11(3)8-14(13)21-15(20)12(4)22-16-18-17-9-19(16)5/h9-14H,6-8H2,1-5H3. The van der Waals surface area contributed by atoms with E-state index in [4.69, 9.17) is 4.74 Å². The fraction of sp³-hybridized carbons (Fsp3) is 0.812. The number of carbonyl (C=O) groups is 1. The highest BCUT2D eigenvalue weighted by Gasteiger charge is 2.34. The molecule has 1 saturated carbocycles. The molecule has 1 aliphatic rings. The molecule has 6 heteroatoms. The normalized spacial score (nSPS) is 26.9. The van der Waals surface area contributed by atoms with E-state index in [0.717, 1.165) is 18.0 Å². The van der Waals surface area contributed by atoms with E-state index < -0.39 is 0 Å². The second kappa shape index (κ2) is 7.49. The van der Waals surface area contributed by atoms with E-state index in [1.807, 2.05) is 18.5 Å². The van der Waals surface area contributed by atoms with Crippen molar-refractivity contribution in [2.24, 2.45) is 24.8 Å². The zero-order chi connectivity index (χ0) is 16.3. The van der Waals surface area contributed by atoms with Gasteiger partial charge < -0.3 is 9.30 Å². The molecule has 4 atom stereocenters. The molecule has 0 spiro atoms. The van der Waals surface area contributed by atoms with E-state index in [1.165, 1.54) is 18.2 Å². The molecule has 0 radical (unpaired) electrons. The second-order valence-corrected chi connectivity index (χ2v) is 8.09. The van der Waals surface area contributed by atoms with Gasteiger partial charge in [0.1, 0.15) is 17.7 Å². The number of ether oxygens (including phenoxy) is 1. The van der Waals surface area contributed by atoms with Gasteiger partial charge in [-0.2, -0.15) is 0 Å². The van der Waals surface area contributed by atoms with Crippen LogP contribution >= 0.6 is 11.8 Å². The number of carbonyl (C=O) groups excluding carboxylic acids is 1. The van der Waals surface area contributed by atoms with Gasteiger partial charge in [0.05, 0.1) is 0 Å². The van der Waals surface area contributed by atoms with Gasteiger partial charge in [-0.05, 0) is 37.5 Å². The van der Waals surface area contributed by atoms with E-state index >= 15 is 0 Å². The van der Waals surface area contributed by atoms with Crippen LogP contribution in [0.25, 0.3) is 0 Å². The van der Waals surface area contributed by atoms with Gasteiger partial charge in [0.25, 0.3) is 0 Å². The first-order valence-electron chi connectivity index (χ1n) is 8.09. The summed E-state index contributed by atoms with van der Waals surface area (Å²) in [5.74, 6) is 1.52. The van der Waals surface area contributed by atoms with Crippen molar-refractivity contribution >= 4 is 17.7 Å². The maximum atomic E-state index is 12.4. The predicted octanol–water partition coefficient (Wildman–Crippen LogP) is 3.30. The molecule has 2 rings (SSSR count). The van der Waals surface area contributed by atoms with Gasteiger partial charge in [-0.1, -0.05) is 39.0 Å².